The first kappa shape index (κ1) is 14.6. The Bertz CT molecular complexity index is 484. The minimum atomic E-state index is -0.108. The van der Waals surface area contributed by atoms with Crippen molar-refractivity contribution in [3.05, 3.63) is 47.4 Å². The third-order valence-electron chi connectivity index (χ3n) is 4.78. The summed E-state index contributed by atoms with van der Waals surface area (Å²) in [5.74, 6) is 0.421. The molecule has 2 fully saturated rings. The molecule has 1 aliphatic carbocycles. The molecule has 2 aliphatic rings. The molecule has 0 amide bonds. The highest BCUT2D eigenvalue weighted by atomic mass is 19.1. The highest BCUT2D eigenvalue weighted by Crippen LogP contribution is 2.28. The van der Waals surface area contributed by atoms with Crippen LogP contribution in [0.15, 0.2) is 36.0 Å². The van der Waals surface area contributed by atoms with E-state index in [1.165, 1.54) is 30.9 Å². The first-order chi connectivity index (χ1) is 10.3. The number of rotatable bonds is 5. The molecule has 0 atom stereocenters. The van der Waals surface area contributed by atoms with Crippen LogP contribution in [0.5, 0.6) is 0 Å². The van der Waals surface area contributed by atoms with Crippen LogP contribution in [0, 0.1) is 5.82 Å². The molecule has 0 radical (unpaired) electrons. The van der Waals surface area contributed by atoms with Crippen LogP contribution in [0.1, 0.15) is 43.6 Å². The summed E-state index contributed by atoms with van der Waals surface area (Å²) in [4.78, 5) is 2.52. The normalized spacial score (nSPS) is 20.1. The lowest BCUT2D eigenvalue weighted by Gasteiger charge is -2.32. The predicted octanol–water partition coefficient (Wildman–Crippen LogP) is 3.66. The highest BCUT2D eigenvalue weighted by molar-refractivity contribution is 5.21. The summed E-state index contributed by atoms with van der Waals surface area (Å²) >= 11 is 0. The molecule has 1 heterocycles. The van der Waals surface area contributed by atoms with Gasteiger partial charge in [-0.1, -0.05) is 17.7 Å². The first-order valence-corrected chi connectivity index (χ1v) is 8.20. The third kappa shape index (κ3) is 4.07. The van der Waals surface area contributed by atoms with E-state index in [1.807, 2.05) is 6.07 Å². The molecule has 1 saturated carbocycles. The number of likely N-dealkylation sites (tertiary alicyclic amines) is 1. The minimum absolute atomic E-state index is 0.108. The first-order valence-electron chi connectivity index (χ1n) is 8.20. The molecule has 0 bridgehead atoms. The van der Waals surface area contributed by atoms with Gasteiger partial charge in [-0.3, -0.25) is 0 Å². The average Bonchev–Trinajstić information content (AvgIpc) is 2.46. The number of nitrogens with one attached hydrogen (secondary N) is 1. The Morgan fingerprint density at radius 1 is 1.24 bits per heavy atom. The molecule has 3 rings (SSSR count). The number of piperidine rings is 1. The van der Waals surface area contributed by atoms with Crippen LogP contribution in [0.3, 0.4) is 0 Å². The average molecular weight is 288 g/mol. The maximum atomic E-state index is 13.3. The van der Waals surface area contributed by atoms with Crippen LogP contribution in [0.4, 0.5) is 4.39 Å². The highest BCUT2D eigenvalue weighted by Gasteiger charge is 2.20. The third-order valence-corrected chi connectivity index (χ3v) is 4.78. The Morgan fingerprint density at radius 3 is 2.71 bits per heavy atom. The molecule has 1 aromatic carbocycles. The van der Waals surface area contributed by atoms with Gasteiger partial charge in [0, 0.05) is 13.1 Å². The fraction of sp³-hybridized carbons (Fsp3) is 0.556. The zero-order valence-corrected chi connectivity index (χ0v) is 12.7. The van der Waals surface area contributed by atoms with E-state index in [9.17, 15) is 4.39 Å². The van der Waals surface area contributed by atoms with Gasteiger partial charge in [0.1, 0.15) is 5.82 Å². The van der Waals surface area contributed by atoms with Crippen LogP contribution in [0.25, 0.3) is 0 Å². The summed E-state index contributed by atoms with van der Waals surface area (Å²) in [6.45, 7) is 4.40. The van der Waals surface area contributed by atoms with Crippen molar-refractivity contribution in [3.8, 4) is 0 Å². The number of hydrogen-bond donors (Lipinski definition) is 1. The number of halogens is 1. The quantitative estimate of drug-likeness (QED) is 0.832. The van der Waals surface area contributed by atoms with Gasteiger partial charge in [-0.15, -0.1) is 0 Å². The largest absolute Gasteiger partial charge is 0.390 e. The van der Waals surface area contributed by atoms with Gasteiger partial charge in [0.25, 0.3) is 0 Å². The van der Waals surface area contributed by atoms with Gasteiger partial charge >= 0.3 is 0 Å². The van der Waals surface area contributed by atoms with E-state index in [2.05, 4.69) is 22.5 Å². The molecule has 1 aliphatic heterocycles. The second-order valence-electron chi connectivity index (χ2n) is 6.28. The Balaban J connectivity index is 1.38. The summed E-state index contributed by atoms with van der Waals surface area (Å²) in [5.41, 5.74) is 2.74. The smallest absolute Gasteiger partial charge is 0.123 e. The van der Waals surface area contributed by atoms with Crippen molar-refractivity contribution in [3.63, 3.8) is 0 Å². The van der Waals surface area contributed by atoms with Crippen molar-refractivity contribution < 1.29 is 4.39 Å². The molecule has 21 heavy (non-hydrogen) atoms. The van der Waals surface area contributed by atoms with E-state index < -0.39 is 0 Å². The Morgan fingerprint density at radius 2 is 2.05 bits per heavy atom. The lowest BCUT2D eigenvalue weighted by molar-refractivity contribution is 0.214. The molecule has 1 aromatic rings. The van der Waals surface area contributed by atoms with Crippen molar-refractivity contribution in [1.82, 2.24) is 10.2 Å². The lowest BCUT2D eigenvalue weighted by Crippen LogP contribution is -2.37. The Labute approximate surface area is 127 Å². The monoisotopic (exact) mass is 288 g/mol. The number of allylic oxidation sites excluding steroid dienone is 1. The zero-order valence-electron chi connectivity index (χ0n) is 12.7. The van der Waals surface area contributed by atoms with Gasteiger partial charge in [-0.25, -0.2) is 4.39 Å². The molecule has 2 nitrogen and oxygen atoms in total. The van der Waals surface area contributed by atoms with Crippen molar-refractivity contribution >= 4 is 0 Å². The van der Waals surface area contributed by atoms with Crippen LogP contribution in [-0.4, -0.2) is 31.1 Å². The van der Waals surface area contributed by atoms with E-state index >= 15 is 0 Å². The SMILES string of the molecule is Fc1cccc(C2CCN(CCNC=C3CCC3)CC2)c1. The summed E-state index contributed by atoms with van der Waals surface area (Å²) in [6, 6.07) is 7.12. The maximum absolute atomic E-state index is 13.3. The molecular weight excluding hydrogens is 263 g/mol. The van der Waals surface area contributed by atoms with Crippen LogP contribution in [-0.2, 0) is 0 Å². The molecule has 0 aromatic heterocycles. The van der Waals surface area contributed by atoms with E-state index in [0.29, 0.717) is 5.92 Å². The fourth-order valence-electron chi connectivity index (χ4n) is 3.21. The van der Waals surface area contributed by atoms with Crippen molar-refractivity contribution in [2.75, 3.05) is 26.2 Å². The molecule has 0 unspecified atom stereocenters. The van der Waals surface area contributed by atoms with Gasteiger partial charge in [-0.2, -0.15) is 0 Å². The standard InChI is InChI=1S/C18H25FN2/c19-18-6-2-5-17(13-18)16-7-10-21(11-8-16)12-9-20-14-15-3-1-4-15/h2,5-6,13-14,16,20H,1,3-4,7-12H2. The topological polar surface area (TPSA) is 15.3 Å². The van der Waals surface area contributed by atoms with Crippen LogP contribution < -0.4 is 5.32 Å². The molecule has 0 spiro atoms. The summed E-state index contributed by atoms with van der Waals surface area (Å²) < 4.78 is 13.3. The van der Waals surface area contributed by atoms with Crippen molar-refractivity contribution in [2.24, 2.45) is 0 Å². The van der Waals surface area contributed by atoms with Gasteiger partial charge in [0.15, 0.2) is 0 Å². The van der Waals surface area contributed by atoms with Gasteiger partial charge < -0.3 is 10.2 Å². The van der Waals surface area contributed by atoms with Gasteiger partial charge in [0.2, 0.25) is 0 Å². The predicted molar refractivity (Wildman–Crippen MR) is 84.8 cm³/mol. The zero-order chi connectivity index (χ0) is 14.5. The number of benzene rings is 1. The summed E-state index contributed by atoms with van der Waals surface area (Å²) in [5, 5.41) is 3.43. The molecular formula is C18H25FN2. The second kappa shape index (κ2) is 7.08. The molecule has 1 N–H and O–H groups in total. The van der Waals surface area contributed by atoms with Crippen LogP contribution >= 0.6 is 0 Å². The number of nitrogens with zero attached hydrogens (tertiary/aromatic N) is 1. The Kier molecular flexibility index (Phi) is 4.91. The summed E-state index contributed by atoms with van der Waals surface area (Å²) in [7, 11) is 0. The second-order valence-corrected chi connectivity index (χ2v) is 6.28. The molecule has 1 saturated heterocycles. The van der Waals surface area contributed by atoms with E-state index in [-0.39, 0.29) is 5.82 Å². The van der Waals surface area contributed by atoms with E-state index in [0.717, 1.165) is 39.0 Å². The molecule has 114 valence electrons. The van der Waals surface area contributed by atoms with Crippen molar-refractivity contribution in [1.29, 1.82) is 0 Å². The maximum Gasteiger partial charge on any atom is 0.123 e. The van der Waals surface area contributed by atoms with Gasteiger partial charge in [-0.05, 0) is 75.0 Å². The van der Waals surface area contributed by atoms with Crippen molar-refractivity contribution in [2.45, 2.75) is 38.0 Å². The minimum Gasteiger partial charge on any atom is -0.390 e. The van der Waals surface area contributed by atoms with E-state index in [4.69, 9.17) is 0 Å². The van der Waals surface area contributed by atoms with Gasteiger partial charge in [0.05, 0.1) is 0 Å². The fourth-order valence-corrected chi connectivity index (χ4v) is 3.21. The Hall–Kier alpha value is -1.35. The van der Waals surface area contributed by atoms with E-state index in [1.54, 1.807) is 11.6 Å². The lowest BCUT2D eigenvalue weighted by atomic mass is 9.89. The number of hydrogen-bond acceptors (Lipinski definition) is 2. The molecule has 3 heteroatoms. The van der Waals surface area contributed by atoms with Crippen LogP contribution in [0.2, 0.25) is 0 Å². The summed E-state index contributed by atoms with van der Waals surface area (Å²) in [6.07, 6.45) is 8.43.